The van der Waals surface area contributed by atoms with E-state index >= 15 is 0 Å². The number of carbonyl (C=O) groups is 1. The predicted molar refractivity (Wildman–Crippen MR) is 72.2 cm³/mol. The molecule has 3 heteroatoms. The second-order valence-electron chi connectivity index (χ2n) is 7.34. The first kappa shape index (κ1) is 12.5. The highest BCUT2D eigenvalue weighted by molar-refractivity contribution is 5.80. The molecule has 3 nitrogen and oxygen atoms in total. The number of carbonyl (C=O) groups excluding carboxylic acids is 1. The van der Waals surface area contributed by atoms with Gasteiger partial charge in [0.25, 0.3) is 0 Å². The molecule has 2 saturated heterocycles. The molecule has 18 heavy (non-hydrogen) atoms. The molecule has 2 bridgehead atoms. The van der Waals surface area contributed by atoms with Gasteiger partial charge in [-0.2, -0.15) is 0 Å². The summed E-state index contributed by atoms with van der Waals surface area (Å²) in [5, 5.41) is 6.85. The van der Waals surface area contributed by atoms with Gasteiger partial charge in [-0.3, -0.25) is 4.79 Å². The van der Waals surface area contributed by atoms with Crippen LogP contribution in [0.25, 0.3) is 0 Å². The third kappa shape index (κ3) is 2.42. The van der Waals surface area contributed by atoms with Crippen molar-refractivity contribution in [2.24, 2.45) is 11.3 Å². The minimum atomic E-state index is 0.249. The Labute approximate surface area is 110 Å². The molecular formula is C15H26N2O. The highest BCUT2D eigenvalue weighted by atomic mass is 16.2. The van der Waals surface area contributed by atoms with Crippen molar-refractivity contribution in [3.05, 3.63) is 0 Å². The quantitative estimate of drug-likeness (QED) is 0.789. The molecule has 0 radical (unpaired) electrons. The van der Waals surface area contributed by atoms with Gasteiger partial charge in [-0.25, -0.2) is 0 Å². The Morgan fingerprint density at radius 2 is 1.89 bits per heavy atom. The molecule has 0 spiro atoms. The Bertz CT molecular complexity index is 329. The van der Waals surface area contributed by atoms with Gasteiger partial charge < -0.3 is 10.6 Å². The molecule has 3 rings (SSSR count). The lowest BCUT2D eigenvalue weighted by molar-refractivity contribution is -0.126. The second kappa shape index (κ2) is 4.52. The molecular weight excluding hydrogens is 224 g/mol. The largest absolute Gasteiger partial charge is 0.353 e. The third-order valence-electron chi connectivity index (χ3n) is 5.32. The van der Waals surface area contributed by atoms with Crippen LogP contribution in [-0.4, -0.2) is 24.0 Å². The summed E-state index contributed by atoms with van der Waals surface area (Å²) in [6, 6.07) is 1.52. The zero-order chi connectivity index (χ0) is 12.8. The molecule has 3 atom stereocenters. The van der Waals surface area contributed by atoms with Crippen molar-refractivity contribution < 1.29 is 4.79 Å². The van der Waals surface area contributed by atoms with Crippen LogP contribution >= 0.6 is 0 Å². The van der Waals surface area contributed by atoms with Gasteiger partial charge >= 0.3 is 0 Å². The SMILES string of the molecule is CC1(C)CCC(NC(=O)C2CC3CCC2N3)CC1. The van der Waals surface area contributed by atoms with E-state index in [0.717, 1.165) is 19.3 Å². The monoisotopic (exact) mass is 250 g/mol. The number of nitrogens with one attached hydrogen (secondary N) is 2. The molecule has 3 aliphatic rings. The lowest BCUT2D eigenvalue weighted by Crippen LogP contribution is -2.44. The third-order valence-corrected chi connectivity index (χ3v) is 5.32. The standard InChI is InChI=1S/C15H26N2O/c1-15(2)7-5-10(6-8-15)17-14(18)12-9-11-3-4-13(12)16-11/h10-13,16H,3-9H2,1-2H3,(H,17,18). The van der Waals surface area contributed by atoms with Crippen LogP contribution in [0.5, 0.6) is 0 Å². The molecule has 102 valence electrons. The van der Waals surface area contributed by atoms with Gasteiger partial charge in [0.2, 0.25) is 5.91 Å². The molecule has 0 aromatic carbocycles. The van der Waals surface area contributed by atoms with E-state index < -0.39 is 0 Å². The van der Waals surface area contributed by atoms with Crippen LogP contribution in [0.4, 0.5) is 0 Å². The first-order valence-corrected chi connectivity index (χ1v) is 7.60. The van der Waals surface area contributed by atoms with E-state index in [-0.39, 0.29) is 5.92 Å². The fourth-order valence-corrected chi connectivity index (χ4v) is 3.97. The summed E-state index contributed by atoms with van der Waals surface area (Å²) in [5.74, 6) is 0.568. The summed E-state index contributed by atoms with van der Waals surface area (Å²) in [6.07, 6.45) is 8.33. The summed E-state index contributed by atoms with van der Waals surface area (Å²) >= 11 is 0. The first-order valence-electron chi connectivity index (χ1n) is 7.60. The highest BCUT2D eigenvalue weighted by Gasteiger charge is 2.43. The van der Waals surface area contributed by atoms with Crippen molar-refractivity contribution in [3.8, 4) is 0 Å². The van der Waals surface area contributed by atoms with Gasteiger partial charge in [-0.15, -0.1) is 0 Å². The molecule has 0 aromatic rings. The molecule has 1 aliphatic carbocycles. The molecule has 1 saturated carbocycles. The summed E-state index contributed by atoms with van der Waals surface area (Å²) in [4.78, 5) is 12.3. The Morgan fingerprint density at radius 1 is 1.17 bits per heavy atom. The van der Waals surface area contributed by atoms with Crippen molar-refractivity contribution in [1.29, 1.82) is 0 Å². The maximum atomic E-state index is 12.3. The Morgan fingerprint density at radius 3 is 2.44 bits per heavy atom. The molecule has 3 unspecified atom stereocenters. The average Bonchev–Trinajstić information content (AvgIpc) is 2.94. The van der Waals surface area contributed by atoms with E-state index in [1.807, 2.05) is 0 Å². The van der Waals surface area contributed by atoms with E-state index in [9.17, 15) is 4.79 Å². The molecule has 1 amide bonds. The zero-order valence-corrected chi connectivity index (χ0v) is 11.7. The van der Waals surface area contributed by atoms with Crippen LogP contribution in [0.15, 0.2) is 0 Å². The van der Waals surface area contributed by atoms with Crippen molar-refractivity contribution in [2.45, 2.75) is 76.9 Å². The fourth-order valence-electron chi connectivity index (χ4n) is 3.97. The van der Waals surface area contributed by atoms with Gasteiger partial charge in [0.1, 0.15) is 0 Å². The van der Waals surface area contributed by atoms with E-state index in [1.165, 1.54) is 25.7 Å². The van der Waals surface area contributed by atoms with Crippen LogP contribution in [0.2, 0.25) is 0 Å². The summed E-state index contributed by atoms with van der Waals surface area (Å²) in [5.41, 5.74) is 0.481. The average molecular weight is 250 g/mol. The summed E-state index contributed by atoms with van der Waals surface area (Å²) in [7, 11) is 0. The van der Waals surface area contributed by atoms with Crippen molar-refractivity contribution in [3.63, 3.8) is 0 Å². The summed E-state index contributed by atoms with van der Waals surface area (Å²) < 4.78 is 0. The maximum Gasteiger partial charge on any atom is 0.224 e. The fraction of sp³-hybridized carbons (Fsp3) is 0.933. The van der Waals surface area contributed by atoms with Crippen LogP contribution in [0.1, 0.15) is 58.8 Å². The van der Waals surface area contributed by atoms with Gasteiger partial charge in [0.05, 0.1) is 5.92 Å². The number of hydrogen-bond acceptors (Lipinski definition) is 2. The normalized spacial score (nSPS) is 38.9. The van der Waals surface area contributed by atoms with Crippen LogP contribution in [0, 0.1) is 11.3 Å². The first-order chi connectivity index (χ1) is 8.53. The van der Waals surface area contributed by atoms with Crippen molar-refractivity contribution >= 4 is 5.91 Å². The molecule has 3 fully saturated rings. The Kier molecular flexibility index (Phi) is 3.13. The number of rotatable bonds is 2. The number of hydrogen-bond donors (Lipinski definition) is 2. The lowest BCUT2D eigenvalue weighted by Gasteiger charge is -2.35. The van der Waals surface area contributed by atoms with Crippen LogP contribution in [0.3, 0.4) is 0 Å². The molecule has 2 N–H and O–H groups in total. The smallest absolute Gasteiger partial charge is 0.224 e. The lowest BCUT2D eigenvalue weighted by atomic mass is 9.75. The molecule has 2 aliphatic heterocycles. The van der Waals surface area contributed by atoms with Gasteiger partial charge in [0.15, 0.2) is 0 Å². The Balaban J connectivity index is 1.50. The van der Waals surface area contributed by atoms with E-state index in [2.05, 4.69) is 24.5 Å². The minimum Gasteiger partial charge on any atom is -0.353 e. The minimum absolute atomic E-state index is 0.249. The predicted octanol–water partition coefficient (Wildman–Crippen LogP) is 2.21. The number of fused-ring (bicyclic) bond motifs is 2. The highest BCUT2D eigenvalue weighted by Crippen LogP contribution is 2.36. The Hall–Kier alpha value is -0.570. The van der Waals surface area contributed by atoms with Crippen molar-refractivity contribution in [1.82, 2.24) is 10.6 Å². The van der Waals surface area contributed by atoms with Crippen LogP contribution < -0.4 is 10.6 Å². The van der Waals surface area contributed by atoms with Gasteiger partial charge in [-0.1, -0.05) is 13.8 Å². The molecule has 2 heterocycles. The topological polar surface area (TPSA) is 41.1 Å². The zero-order valence-electron chi connectivity index (χ0n) is 11.7. The van der Waals surface area contributed by atoms with E-state index in [0.29, 0.717) is 29.4 Å². The van der Waals surface area contributed by atoms with Crippen molar-refractivity contribution in [2.75, 3.05) is 0 Å². The maximum absolute atomic E-state index is 12.3. The number of amides is 1. The summed E-state index contributed by atoms with van der Waals surface area (Å²) in [6.45, 7) is 4.68. The van der Waals surface area contributed by atoms with Gasteiger partial charge in [-0.05, 0) is 50.4 Å². The molecule has 0 aromatic heterocycles. The second-order valence-corrected chi connectivity index (χ2v) is 7.34. The van der Waals surface area contributed by atoms with E-state index in [1.54, 1.807) is 0 Å². The van der Waals surface area contributed by atoms with Crippen LogP contribution in [-0.2, 0) is 4.79 Å². The van der Waals surface area contributed by atoms with Gasteiger partial charge in [0, 0.05) is 18.1 Å². The van der Waals surface area contributed by atoms with E-state index in [4.69, 9.17) is 0 Å².